The number of aliphatic imine (C=N–C) groups is 1. The van der Waals surface area contributed by atoms with Gasteiger partial charge in [-0.2, -0.15) is 0 Å². The van der Waals surface area contributed by atoms with Gasteiger partial charge in [0, 0.05) is 5.70 Å². The highest BCUT2D eigenvalue weighted by Crippen LogP contribution is 2.30. The van der Waals surface area contributed by atoms with Gasteiger partial charge in [0.05, 0.1) is 0 Å². The van der Waals surface area contributed by atoms with E-state index in [4.69, 9.17) is 0 Å². The van der Waals surface area contributed by atoms with Gasteiger partial charge < -0.3 is 0 Å². The van der Waals surface area contributed by atoms with Gasteiger partial charge in [0.2, 0.25) is 0 Å². The topological polar surface area (TPSA) is 12.4 Å². The molecule has 94 valence electrons. The highest BCUT2D eigenvalue weighted by molar-refractivity contribution is 5.39. The molecule has 0 aromatic heterocycles. The zero-order valence-electron chi connectivity index (χ0n) is 12.1. The summed E-state index contributed by atoms with van der Waals surface area (Å²) < 4.78 is 0. The van der Waals surface area contributed by atoms with E-state index in [-0.39, 0.29) is 0 Å². The van der Waals surface area contributed by atoms with Gasteiger partial charge in [-0.15, -0.1) is 0 Å². The van der Waals surface area contributed by atoms with Gasteiger partial charge in [0.1, 0.15) is 0 Å². The Balaban J connectivity index is 0. The summed E-state index contributed by atoms with van der Waals surface area (Å²) in [7, 11) is 0. The van der Waals surface area contributed by atoms with Crippen molar-refractivity contribution in [1.29, 1.82) is 0 Å². The molecule has 0 aliphatic heterocycles. The van der Waals surface area contributed by atoms with Crippen LogP contribution in [0.25, 0.3) is 0 Å². The summed E-state index contributed by atoms with van der Waals surface area (Å²) in [5, 5.41) is 0. The van der Waals surface area contributed by atoms with E-state index >= 15 is 0 Å². The van der Waals surface area contributed by atoms with Gasteiger partial charge in [-0.3, -0.25) is 4.99 Å². The van der Waals surface area contributed by atoms with Crippen LogP contribution in [0, 0.1) is 0 Å². The molecule has 1 saturated carbocycles. The summed E-state index contributed by atoms with van der Waals surface area (Å²) in [6.07, 6.45) is 7.25. The fourth-order valence-corrected chi connectivity index (χ4v) is 1.76. The molecule has 1 aliphatic rings. The molecule has 0 atom stereocenters. The normalized spacial score (nSPS) is 20.0. The van der Waals surface area contributed by atoms with Crippen molar-refractivity contribution in [2.75, 3.05) is 0 Å². The molecule has 16 heavy (non-hydrogen) atoms. The summed E-state index contributed by atoms with van der Waals surface area (Å²) >= 11 is 0. The quantitative estimate of drug-likeness (QED) is 0.518. The molecule has 0 heterocycles. The van der Waals surface area contributed by atoms with E-state index in [1.165, 1.54) is 36.8 Å². The fourth-order valence-electron chi connectivity index (χ4n) is 1.76. The lowest BCUT2D eigenvalue weighted by atomic mass is 9.88. The number of hydrogen-bond acceptors (Lipinski definition) is 1. The average Bonchev–Trinajstić information content (AvgIpc) is 2.42. The number of rotatable bonds is 1. The maximum Gasteiger partial charge on any atom is 0.0399 e. The first-order valence-electron chi connectivity index (χ1n) is 6.61. The van der Waals surface area contributed by atoms with Crippen LogP contribution in [0.3, 0.4) is 0 Å². The maximum atomic E-state index is 4.00. The summed E-state index contributed by atoms with van der Waals surface area (Å²) in [4.78, 5) is 4.00. The van der Waals surface area contributed by atoms with Crippen molar-refractivity contribution < 1.29 is 0 Å². The number of hydrogen-bond donors (Lipinski definition) is 0. The van der Waals surface area contributed by atoms with E-state index in [0.29, 0.717) is 0 Å². The Morgan fingerprint density at radius 3 is 2.06 bits per heavy atom. The first-order chi connectivity index (χ1) is 7.79. The molecule has 0 N–H and O–H groups in total. The molecular formula is C15H29N. The van der Waals surface area contributed by atoms with Gasteiger partial charge in [-0.05, 0) is 57.4 Å². The third-order valence-electron chi connectivity index (χ3n) is 2.53. The van der Waals surface area contributed by atoms with E-state index in [9.17, 15) is 0 Å². The zero-order valence-corrected chi connectivity index (χ0v) is 12.1. The van der Waals surface area contributed by atoms with Gasteiger partial charge in [-0.25, -0.2) is 0 Å². The fraction of sp³-hybridized carbons (Fsp3) is 0.667. The van der Waals surface area contributed by atoms with Crippen LogP contribution >= 0.6 is 0 Å². The molecule has 0 radical (unpaired) electrons. The minimum Gasteiger partial charge on any atom is -0.269 e. The third kappa shape index (κ3) is 5.89. The Morgan fingerprint density at radius 2 is 1.62 bits per heavy atom. The largest absolute Gasteiger partial charge is 0.269 e. The van der Waals surface area contributed by atoms with E-state index in [1.807, 2.05) is 27.7 Å². The smallest absolute Gasteiger partial charge is 0.0399 e. The molecule has 1 fully saturated rings. The van der Waals surface area contributed by atoms with Crippen molar-refractivity contribution in [2.24, 2.45) is 4.99 Å². The highest BCUT2D eigenvalue weighted by atomic mass is 14.7. The van der Waals surface area contributed by atoms with E-state index in [1.54, 1.807) is 0 Å². The van der Waals surface area contributed by atoms with Crippen LogP contribution in [0.15, 0.2) is 27.9 Å². The SMILES string of the molecule is C=N/C(C)=C1/CCCC/C1=C/C.CC.CC. The van der Waals surface area contributed by atoms with Gasteiger partial charge in [0.15, 0.2) is 0 Å². The number of nitrogens with zero attached hydrogens (tertiary/aromatic N) is 1. The molecule has 0 saturated heterocycles. The molecule has 0 aromatic rings. The average molecular weight is 223 g/mol. The van der Waals surface area contributed by atoms with Crippen LogP contribution in [0.5, 0.6) is 0 Å². The molecule has 0 aromatic carbocycles. The summed E-state index contributed by atoms with van der Waals surface area (Å²) in [5.41, 5.74) is 4.02. The minimum atomic E-state index is 1.11. The molecule has 0 amide bonds. The van der Waals surface area contributed by atoms with E-state index < -0.39 is 0 Å². The molecule has 0 spiro atoms. The monoisotopic (exact) mass is 223 g/mol. The molecule has 0 unspecified atom stereocenters. The van der Waals surface area contributed by atoms with Gasteiger partial charge in [-0.1, -0.05) is 33.8 Å². The Bertz CT molecular complexity index is 234. The molecule has 0 bridgehead atoms. The minimum absolute atomic E-state index is 1.11. The second kappa shape index (κ2) is 12.2. The van der Waals surface area contributed by atoms with Crippen molar-refractivity contribution in [2.45, 2.75) is 67.2 Å². The van der Waals surface area contributed by atoms with Crippen LogP contribution in [0.1, 0.15) is 67.2 Å². The van der Waals surface area contributed by atoms with Crippen molar-refractivity contribution in [3.8, 4) is 0 Å². The first kappa shape index (κ1) is 17.5. The lowest BCUT2D eigenvalue weighted by Crippen LogP contribution is -2.00. The Kier molecular flexibility index (Phi) is 13.4. The van der Waals surface area contributed by atoms with E-state index in [0.717, 1.165) is 5.70 Å². The summed E-state index contributed by atoms with van der Waals surface area (Å²) in [5.74, 6) is 0. The van der Waals surface area contributed by atoms with Gasteiger partial charge >= 0.3 is 0 Å². The lowest BCUT2D eigenvalue weighted by molar-refractivity contribution is 0.672. The predicted octanol–water partition coefficient (Wildman–Crippen LogP) is 5.53. The predicted molar refractivity (Wildman–Crippen MR) is 77.2 cm³/mol. The lowest BCUT2D eigenvalue weighted by Gasteiger charge is -2.18. The van der Waals surface area contributed by atoms with Crippen molar-refractivity contribution in [3.05, 3.63) is 22.9 Å². The second-order valence-corrected chi connectivity index (χ2v) is 3.24. The molecule has 1 nitrogen and oxygen atoms in total. The molecule has 1 heteroatoms. The second-order valence-electron chi connectivity index (χ2n) is 3.24. The highest BCUT2D eigenvalue weighted by Gasteiger charge is 2.12. The van der Waals surface area contributed by atoms with Crippen LogP contribution in [0.4, 0.5) is 0 Å². The summed E-state index contributed by atoms with van der Waals surface area (Å²) in [6.45, 7) is 15.7. The standard InChI is InChI=1S/C11H17N.2C2H6/c1-4-10-7-5-6-8-11(10)9(2)12-3;2*1-2/h4H,3,5-8H2,1-2H3;2*1-2H3/b10-4-,11-9-;;. The molecular weight excluding hydrogens is 194 g/mol. The molecule has 1 rings (SSSR count). The van der Waals surface area contributed by atoms with Crippen LogP contribution in [-0.4, -0.2) is 6.72 Å². The van der Waals surface area contributed by atoms with E-state index in [2.05, 4.69) is 31.6 Å². The maximum absolute atomic E-state index is 4.00. The summed E-state index contributed by atoms with van der Waals surface area (Å²) in [6, 6.07) is 0. The Morgan fingerprint density at radius 1 is 1.12 bits per heavy atom. The zero-order chi connectivity index (χ0) is 13.0. The Hall–Kier alpha value is -0.850. The van der Waals surface area contributed by atoms with Crippen molar-refractivity contribution in [3.63, 3.8) is 0 Å². The number of allylic oxidation sites excluding steroid dienone is 4. The van der Waals surface area contributed by atoms with Crippen molar-refractivity contribution in [1.82, 2.24) is 0 Å². The van der Waals surface area contributed by atoms with Crippen LogP contribution < -0.4 is 0 Å². The Labute approximate surface area is 102 Å². The molecule has 1 aliphatic carbocycles. The van der Waals surface area contributed by atoms with Crippen LogP contribution in [-0.2, 0) is 0 Å². The van der Waals surface area contributed by atoms with Crippen molar-refractivity contribution >= 4 is 6.72 Å². The van der Waals surface area contributed by atoms with Crippen LogP contribution in [0.2, 0.25) is 0 Å². The first-order valence-corrected chi connectivity index (χ1v) is 6.61. The third-order valence-corrected chi connectivity index (χ3v) is 2.53. The van der Waals surface area contributed by atoms with Gasteiger partial charge in [0.25, 0.3) is 0 Å².